The molecule has 1 aromatic rings. The van der Waals surface area contributed by atoms with Crippen LogP contribution in [0.25, 0.3) is 0 Å². The van der Waals surface area contributed by atoms with Crippen LogP contribution >= 0.6 is 0 Å². The second-order valence-corrected chi connectivity index (χ2v) is 3.52. The van der Waals surface area contributed by atoms with E-state index in [-0.39, 0.29) is 16.7 Å². The fraction of sp³-hybridized carbons (Fsp3) is 0.300. The third kappa shape index (κ3) is 1.39. The molecule has 1 aromatic carbocycles. The molecule has 0 bridgehead atoms. The smallest absolute Gasteiger partial charge is 0.336 e. The van der Waals surface area contributed by atoms with Crippen LogP contribution in [0.4, 0.5) is 8.78 Å². The number of halogens is 2. The normalized spacial score (nSPS) is 22.5. The molecule has 1 unspecified atom stereocenters. The SMILES string of the molecule is O=C(O)c1cccc2c1C(O)C(F)(F)C2. The molecule has 0 aliphatic heterocycles. The Morgan fingerprint density at radius 3 is 2.73 bits per heavy atom. The summed E-state index contributed by atoms with van der Waals surface area (Å²) in [5, 5.41) is 18.1. The van der Waals surface area contributed by atoms with E-state index < -0.39 is 24.4 Å². The Balaban J connectivity index is 2.61. The second-order valence-electron chi connectivity index (χ2n) is 3.52. The summed E-state index contributed by atoms with van der Waals surface area (Å²) in [4.78, 5) is 10.8. The number of carboxylic acid groups (broad SMARTS) is 1. The highest BCUT2D eigenvalue weighted by atomic mass is 19.3. The van der Waals surface area contributed by atoms with E-state index in [0.29, 0.717) is 0 Å². The molecule has 1 aliphatic rings. The minimum Gasteiger partial charge on any atom is -0.478 e. The van der Waals surface area contributed by atoms with Gasteiger partial charge in [0.2, 0.25) is 0 Å². The number of carboxylic acids is 1. The number of aromatic carboxylic acids is 1. The first kappa shape index (κ1) is 10.0. The Morgan fingerprint density at radius 2 is 2.13 bits per heavy atom. The van der Waals surface area contributed by atoms with Gasteiger partial charge < -0.3 is 10.2 Å². The van der Waals surface area contributed by atoms with Crippen molar-refractivity contribution in [1.29, 1.82) is 0 Å². The number of fused-ring (bicyclic) bond motifs is 1. The highest BCUT2D eigenvalue weighted by molar-refractivity contribution is 5.90. The standard InChI is InChI=1S/C10H8F2O3/c11-10(12)4-5-2-1-3-6(9(14)15)7(5)8(10)13/h1-3,8,13H,4H2,(H,14,15). The maximum Gasteiger partial charge on any atom is 0.336 e. The molecule has 0 radical (unpaired) electrons. The van der Waals surface area contributed by atoms with E-state index in [2.05, 4.69) is 0 Å². The molecular weight excluding hydrogens is 206 g/mol. The van der Waals surface area contributed by atoms with Crippen molar-refractivity contribution in [2.75, 3.05) is 0 Å². The lowest BCUT2D eigenvalue weighted by atomic mass is 10.0. The van der Waals surface area contributed by atoms with Gasteiger partial charge in [-0.15, -0.1) is 0 Å². The number of aliphatic hydroxyl groups is 1. The van der Waals surface area contributed by atoms with E-state index in [1.54, 1.807) is 0 Å². The number of benzene rings is 1. The summed E-state index contributed by atoms with van der Waals surface area (Å²) < 4.78 is 26.3. The lowest BCUT2D eigenvalue weighted by Gasteiger charge is -2.14. The van der Waals surface area contributed by atoms with E-state index in [1.165, 1.54) is 18.2 Å². The Hall–Kier alpha value is -1.49. The third-order valence-corrected chi connectivity index (χ3v) is 2.53. The summed E-state index contributed by atoms with van der Waals surface area (Å²) in [5.74, 6) is -4.57. The molecule has 0 heterocycles. The number of aliphatic hydroxyl groups excluding tert-OH is 1. The maximum atomic E-state index is 13.1. The van der Waals surface area contributed by atoms with Crippen LogP contribution in [0.3, 0.4) is 0 Å². The molecule has 1 atom stereocenters. The van der Waals surface area contributed by atoms with Crippen LogP contribution < -0.4 is 0 Å². The van der Waals surface area contributed by atoms with Crippen LogP contribution in [0, 0.1) is 0 Å². The molecule has 0 fully saturated rings. The van der Waals surface area contributed by atoms with Gasteiger partial charge in [0.25, 0.3) is 5.92 Å². The van der Waals surface area contributed by atoms with Crippen LogP contribution in [0.1, 0.15) is 27.6 Å². The van der Waals surface area contributed by atoms with Crippen molar-refractivity contribution in [3.63, 3.8) is 0 Å². The molecule has 3 nitrogen and oxygen atoms in total. The van der Waals surface area contributed by atoms with Crippen molar-refractivity contribution in [2.24, 2.45) is 0 Å². The Kier molecular flexibility index (Phi) is 2.01. The summed E-state index contributed by atoms with van der Waals surface area (Å²) in [6.07, 6.45) is -2.62. The van der Waals surface area contributed by atoms with Gasteiger partial charge in [-0.3, -0.25) is 0 Å². The van der Waals surface area contributed by atoms with Crippen molar-refractivity contribution >= 4 is 5.97 Å². The van der Waals surface area contributed by atoms with Crippen LogP contribution in [0.2, 0.25) is 0 Å². The summed E-state index contributed by atoms with van der Waals surface area (Å²) in [7, 11) is 0. The summed E-state index contributed by atoms with van der Waals surface area (Å²) in [5.41, 5.74) is -0.209. The highest BCUT2D eigenvalue weighted by Crippen LogP contribution is 2.44. The molecule has 0 aromatic heterocycles. The van der Waals surface area contributed by atoms with Crippen molar-refractivity contribution in [3.05, 3.63) is 34.9 Å². The molecular formula is C10H8F2O3. The fourth-order valence-corrected chi connectivity index (χ4v) is 1.84. The molecule has 0 saturated heterocycles. The topological polar surface area (TPSA) is 57.5 Å². The molecule has 5 heteroatoms. The summed E-state index contributed by atoms with van der Waals surface area (Å²) >= 11 is 0. The van der Waals surface area contributed by atoms with Crippen molar-refractivity contribution < 1.29 is 23.8 Å². The highest BCUT2D eigenvalue weighted by Gasteiger charge is 2.48. The predicted molar refractivity (Wildman–Crippen MR) is 47.0 cm³/mol. The molecule has 0 saturated carbocycles. The molecule has 0 spiro atoms. The lowest BCUT2D eigenvalue weighted by Crippen LogP contribution is -2.22. The molecule has 2 N–H and O–H groups in total. The van der Waals surface area contributed by atoms with Crippen LogP contribution in [0.15, 0.2) is 18.2 Å². The third-order valence-electron chi connectivity index (χ3n) is 2.53. The van der Waals surface area contributed by atoms with Gasteiger partial charge in [-0.25, -0.2) is 13.6 Å². The molecule has 15 heavy (non-hydrogen) atoms. The predicted octanol–water partition coefficient (Wildman–Crippen LogP) is 1.61. The van der Waals surface area contributed by atoms with E-state index in [1.807, 2.05) is 0 Å². The minimum atomic E-state index is -3.27. The zero-order chi connectivity index (χ0) is 11.2. The van der Waals surface area contributed by atoms with Gasteiger partial charge in [0, 0.05) is 12.0 Å². The van der Waals surface area contributed by atoms with Gasteiger partial charge in [-0.1, -0.05) is 12.1 Å². The van der Waals surface area contributed by atoms with Crippen molar-refractivity contribution in [2.45, 2.75) is 18.4 Å². The van der Waals surface area contributed by atoms with E-state index in [0.717, 1.165) is 0 Å². The van der Waals surface area contributed by atoms with Gasteiger partial charge in [0.15, 0.2) is 0 Å². The Labute approximate surface area is 84.0 Å². The zero-order valence-electron chi connectivity index (χ0n) is 7.58. The number of alkyl halides is 2. The van der Waals surface area contributed by atoms with E-state index in [9.17, 15) is 18.7 Å². The fourth-order valence-electron chi connectivity index (χ4n) is 1.84. The molecule has 0 amide bonds. The van der Waals surface area contributed by atoms with Gasteiger partial charge >= 0.3 is 5.97 Å². The Bertz CT molecular complexity index is 429. The molecule has 1 aliphatic carbocycles. The first-order chi connectivity index (χ1) is 6.93. The number of hydrogen-bond acceptors (Lipinski definition) is 2. The van der Waals surface area contributed by atoms with Gasteiger partial charge in [-0.2, -0.15) is 0 Å². The monoisotopic (exact) mass is 214 g/mol. The number of rotatable bonds is 1. The second kappa shape index (κ2) is 3.00. The van der Waals surface area contributed by atoms with E-state index in [4.69, 9.17) is 5.11 Å². The largest absolute Gasteiger partial charge is 0.478 e. The number of hydrogen-bond donors (Lipinski definition) is 2. The lowest BCUT2D eigenvalue weighted by molar-refractivity contribution is -0.0969. The van der Waals surface area contributed by atoms with Gasteiger partial charge in [-0.05, 0) is 11.6 Å². The quantitative estimate of drug-likeness (QED) is 0.746. The van der Waals surface area contributed by atoms with Crippen LogP contribution in [-0.2, 0) is 6.42 Å². The zero-order valence-corrected chi connectivity index (χ0v) is 7.58. The molecule has 2 rings (SSSR count). The minimum absolute atomic E-state index is 0.157. The number of carbonyl (C=O) groups is 1. The average Bonchev–Trinajstić information content (AvgIpc) is 2.37. The van der Waals surface area contributed by atoms with Gasteiger partial charge in [0.05, 0.1) is 5.56 Å². The summed E-state index contributed by atoms with van der Waals surface area (Å²) in [6.45, 7) is 0. The first-order valence-corrected chi connectivity index (χ1v) is 4.34. The van der Waals surface area contributed by atoms with E-state index >= 15 is 0 Å². The summed E-state index contributed by atoms with van der Waals surface area (Å²) in [6, 6.07) is 4.02. The van der Waals surface area contributed by atoms with Crippen LogP contribution in [0.5, 0.6) is 0 Å². The van der Waals surface area contributed by atoms with Crippen LogP contribution in [-0.4, -0.2) is 22.1 Å². The Morgan fingerprint density at radius 1 is 1.47 bits per heavy atom. The van der Waals surface area contributed by atoms with Gasteiger partial charge in [0.1, 0.15) is 6.10 Å². The maximum absolute atomic E-state index is 13.1. The molecule has 80 valence electrons. The first-order valence-electron chi connectivity index (χ1n) is 4.34. The van der Waals surface area contributed by atoms with Crippen molar-refractivity contribution in [1.82, 2.24) is 0 Å². The average molecular weight is 214 g/mol. The van der Waals surface area contributed by atoms with Crippen molar-refractivity contribution in [3.8, 4) is 0 Å².